The predicted molar refractivity (Wildman–Crippen MR) is 109 cm³/mol. The molecule has 4 aromatic rings. The molecule has 8 heteroatoms. The maximum atomic E-state index is 5.91. The van der Waals surface area contributed by atoms with Crippen molar-refractivity contribution in [2.75, 3.05) is 0 Å². The van der Waals surface area contributed by atoms with Crippen molar-refractivity contribution in [1.29, 1.82) is 0 Å². The highest BCUT2D eigenvalue weighted by Gasteiger charge is 2.31. The molecule has 0 N–H and O–H groups in total. The molecule has 5 rings (SSSR count). The normalized spacial score (nSPS) is 15.0. The van der Waals surface area contributed by atoms with Crippen LogP contribution < -0.4 is 0 Å². The molecule has 0 amide bonds. The van der Waals surface area contributed by atoms with Crippen LogP contribution in [-0.4, -0.2) is 25.0 Å². The van der Waals surface area contributed by atoms with Gasteiger partial charge in [-0.2, -0.15) is 0 Å². The van der Waals surface area contributed by atoms with Gasteiger partial charge in [0.1, 0.15) is 5.82 Å². The van der Waals surface area contributed by atoms with Gasteiger partial charge in [-0.1, -0.05) is 36.0 Å². The van der Waals surface area contributed by atoms with Crippen LogP contribution in [0.2, 0.25) is 0 Å². The maximum Gasteiger partial charge on any atom is 0.247 e. The Bertz CT molecular complexity index is 1050. The molecule has 1 aliphatic carbocycles. The minimum atomic E-state index is 0.00116. The summed E-state index contributed by atoms with van der Waals surface area (Å²) in [5, 5.41) is 20.5. The zero-order valence-electron chi connectivity index (χ0n) is 15.4. The lowest BCUT2D eigenvalue weighted by atomic mass is 10.2. The number of nitrogens with zero attached hydrogens (tertiary/aromatic N) is 5. The summed E-state index contributed by atoms with van der Waals surface area (Å²) in [6.45, 7) is 2.07. The van der Waals surface area contributed by atoms with Gasteiger partial charge in [0.25, 0.3) is 0 Å². The molecule has 0 spiro atoms. The highest BCUT2D eigenvalue weighted by Crippen LogP contribution is 2.42. The van der Waals surface area contributed by atoms with Gasteiger partial charge in [0, 0.05) is 22.9 Å². The fourth-order valence-electron chi connectivity index (χ4n) is 3.08. The highest BCUT2D eigenvalue weighted by molar-refractivity contribution is 7.99. The molecule has 0 aliphatic heterocycles. The molecule has 0 saturated heterocycles. The molecule has 142 valence electrons. The van der Waals surface area contributed by atoms with E-state index < -0.39 is 0 Å². The van der Waals surface area contributed by atoms with Gasteiger partial charge in [-0.25, -0.2) is 0 Å². The molecule has 1 saturated carbocycles. The van der Waals surface area contributed by atoms with Gasteiger partial charge in [-0.05, 0) is 43.3 Å². The molecule has 1 aliphatic rings. The lowest BCUT2D eigenvalue weighted by Gasteiger charge is -2.10. The molecule has 0 bridgehead atoms. The van der Waals surface area contributed by atoms with E-state index >= 15 is 0 Å². The van der Waals surface area contributed by atoms with Gasteiger partial charge in [0.15, 0.2) is 5.16 Å². The van der Waals surface area contributed by atoms with Crippen LogP contribution in [0.3, 0.4) is 0 Å². The smallest absolute Gasteiger partial charge is 0.247 e. The average Bonchev–Trinajstić information content (AvgIpc) is 3.13. The molecule has 6 nitrogen and oxygen atoms in total. The molecule has 1 fully saturated rings. The summed E-state index contributed by atoms with van der Waals surface area (Å²) in [5.41, 5.74) is 0.929. The van der Waals surface area contributed by atoms with E-state index in [0.717, 1.165) is 23.0 Å². The van der Waals surface area contributed by atoms with Crippen LogP contribution in [0, 0.1) is 0 Å². The molecule has 0 radical (unpaired) electrons. The Hall–Kier alpha value is -2.45. The molecule has 28 heavy (non-hydrogen) atoms. The maximum absolute atomic E-state index is 5.91. The molecule has 1 atom stereocenters. The minimum absolute atomic E-state index is 0.00116. The van der Waals surface area contributed by atoms with Crippen LogP contribution in [0.15, 0.2) is 57.4 Å². The Morgan fingerprint density at radius 1 is 1.11 bits per heavy atom. The third-order valence-electron chi connectivity index (χ3n) is 4.65. The van der Waals surface area contributed by atoms with Gasteiger partial charge < -0.3 is 8.98 Å². The van der Waals surface area contributed by atoms with Gasteiger partial charge in [0.2, 0.25) is 11.8 Å². The van der Waals surface area contributed by atoms with Crippen LogP contribution in [0.5, 0.6) is 0 Å². The number of thioether (sulfide) groups is 1. The summed E-state index contributed by atoms with van der Waals surface area (Å²) in [6.07, 6.45) is 3.21. The Balaban J connectivity index is 1.36. The first-order valence-corrected chi connectivity index (χ1v) is 11.1. The fourth-order valence-corrected chi connectivity index (χ4v) is 4.75. The second kappa shape index (κ2) is 7.52. The van der Waals surface area contributed by atoms with Crippen molar-refractivity contribution in [3.63, 3.8) is 0 Å². The van der Waals surface area contributed by atoms with E-state index in [1.54, 1.807) is 23.1 Å². The van der Waals surface area contributed by atoms with Gasteiger partial charge in [-0.15, -0.1) is 31.7 Å². The van der Waals surface area contributed by atoms with Crippen molar-refractivity contribution in [2.45, 2.75) is 42.6 Å². The van der Waals surface area contributed by atoms with Crippen LogP contribution in [-0.2, 0) is 6.42 Å². The first-order valence-electron chi connectivity index (χ1n) is 9.29. The van der Waals surface area contributed by atoms with Crippen LogP contribution >= 0.6 is 23.1 Å². The standard InChI is InChI=1S/C20H19N5OS2/c1-13(18-22-23-19(26-18)14-6-3-2-4-7-14)28-20-24-21-17(25(20)15-9-10-15)12-16-8-5-11-27-16/h2-8,11,13,15H,9-10,12H2,1H3/t13-/m1/s1. The minimum Gasteiger partial charge on any atom is -0.419 e. The second-order valence-corrected chi connectivity index (χ2v) is 9.17. The van der Waals surface area contributed by atoms with Crippen molar-refractivity contribution < 1.29 is 4.42 Å². The van der Waals surface area contributed by atoms with Gasteiger partial charge >= 0.3 is 0 Å². The van der Waals surface area contributed by atoms with E-state index in [9.17, 15) is 0 Å². The SMILES string of the molecule is C[C@@H](Sc1nnc(Cc2cccs2)n1C1CC1)c1nnc(-c2ccccc2)o1. The van der Waals surface area contributed by atoms with Crippen LogP contribution in [0.4, 0.5) is 0 Å². The van der Waals surface area contributed by atoms with Crippen molar-refractivity contribution in [3.8, 4) is 11.5 Å². The zero-order valence-corrected chi connectivity index (χ0v) is 17.0. The number of aromatic nitrogens is 5. The summed E-state index contributed by atoms with van der Waals surface area (Å²) in [5.74, 6) is 2.19. The monoisotopic (exact) mass is 409 g/mol. The van der Waals surface area contributed by atoms with E-state index in [0.29, 0.717) is 17.8 Å². The Morgan fingerprint density at radius 3 is 2.71 bits per heavy atom. The van der Waals surface area contributed by atoms with Crippen molar-refractivity contribution >= 4 is 23.1 Å². The Morgan fingerprint density at radius 2 is 1.96 bits per heavy atom. The topological polar surface area (TPSA) is 69.6 Å². The number of hydrogen-bond acceptors (Lipinski definition) is 7. The van der Waals surface area contributed by atoms with E-state index in [4.69, 9.17) is 4.42 Å². The third-order valence-corrected chi connectivity index (χ3v) is 6.57. The number of rotatable bonds is 7. The summed E-state index contributed by atoms with van der Waals surface area (Å²) in [7, 11) is 0. The van der Waals surface area contributed by atoms with E-state index in [-0.39, 0.29) is 5.25 Å². The molecule has 0 unspecified atom stereocenters. The first-order chi connectivity index (χ1) is 13.8. The average molecular weight is 410 g/mol. The van der Waals surface area contributed by atoms with E-state index in [2.05, 4.69) is 49.4 Å². The molecular formula is C20H19N5OS2. The van der Waals surface area contributed by atoms with Crippen molar-refractivity contribution in [1.82, 2.24) is 25.0 Å². The van der Waals surface area contributed by atoms with E-state index in [1.165, 1.54) is 17.7 Å². The summed E-state index contributed by atoms with van der Waals surface area (Å²) >= 11 is 3.39. The molecule has 3 heterocycles. The van der Waals surface area contributed by atoms with Crippen LogP contribution in [0.25, 0.3) is 11.5 Å². The van der Waals surface area contributed by atoms with Gasteiger partial charge in [-0.3, -0.25) is 0 Å². The highest BCUT2D eigenvalue weighted by atomic mass is 32.2. The summed E-state index contributed by atoms with van der Waals surface area (Å²) in [6, 6.07) is 14.6. The molecular weight excluding hydrogens is 390 g/mol. The molecule has 1 aromatic carbocycles. The second-order valence-electron chi connectivity index (χ2n) is 6.83. The lowest BCUT2D eigenvalue weighted by Crippen LogP contribution is -2.04. The predicted octanol–water partition coefficient (Wildman–Crippen LogP) is 5.17. The van der Waals surface area contributed by atoms with Crippen molar-refractivity contribution in [3.05, 3.63) is 64.4 Å². The lowest BCUT2D eigenvalue weighted by molar-refractivity contribution is 0.508. The van der Waals surface area contributed by atoms with E-state index in [1.807, 2.05) is 30.3 Å². The fraction of sp³-hybridized carbons (Fsp3) is 0.300. The summed E-state index contributed by atoms with van der Waals surface area (Å²) < 4.78 is 8.21. The number of hydrogen-bond donors (Lipinski definition) is 0. The summed E-state index contributed by atoms with van der Waals surface area (Å²) in [4.78, 5) is 1.31. The van der Waals surface area contributed by atoms with Crippen LogP contribution in [0.1, 0.15) is 47.6 Å². The quantitative estimate of drug-likeness (QED) is 0.392. The third kappa shape index (κ3) is 3.62. The first kappa shape index (κ1) is 17.6. The number of benzene rings is 1. The van der Waals surface area contributed by atoms with Crippen molar-refractivity contribution in [2.24, 2.45) is 0 Å². The Kier molecular flexibility index (Phi) is 4.74. The molecule has 3 aromatic heterocycles. The largest absolute Gasteiger partial charge is 0.419 e. The Labute approximate surface area is 171 Å². The number of thiophene rings is 1. The van der Waals surface area contributed by atoms with Gasteiger partial charge in [0.05, 0.1) is 5.25 Å². The zero-order chi connectivity index (χ0) is 18.9.